The van der Waals surface area contributed by atoms with Gasteiger partial charge < -0.3 is 28.4 Å². The second kappa shape index (κ2) is 11.8. The molecule has 4 heterocycles. The molecule has 0 saturated carbocycles. The first-order valence-corrected chi connectivity index (χ1v) is 14.7. The van der Waals surface area contributed by atoms with Crippen LogP contribution in [0, 0.1) is 0 Å². The van der Waals surface area contributed by atoms with Crippen molar-refractivity contribution in [2.24, 2.45) is 0 Å². The molecule has 0 amide bonds. The van der Waals surface area contributed by atoms with Crippen LogP contribution in [0.2, 0.25) is 0 Å². The summed E-state index contributed by atoms with van der Waals surface area (Å²) >= 11 is 0. The molecule has 9 nitrogen and oxygen atoms in total. The van der Waals surface area contributed by atoms with E-state index in [0.29, 0.717) is 30.6 Å². The topological polar surface area (TPSA) is 74.8 Å². The van der Waals surface area contributed by atoms with E-state index in [1.165, 1.54) is 12.8 Å². The first-order valence-electron chi connectivity index (χ1n) is 14.7. The largest absolute Gasteiger partial charge is 0.493 e. The molecule has 0 aliphatic carbocycles. The van der Waals surface area contributed by atoms with E-state index in [1.54, 1.807) is 7.11 Å². The molecule has 216 valence electrons. The summed E-state index contributed by atoms with van der Waals surface area (Å²) in [5, 5.41) is 5.01. The van der Waals surface area contributed by atoms with Crippen LogP contribution < -0.4 is 23.7 Å². The van der Waals surface area contributed by atoms with E-state index in [9.17, 15) is 0 Å². The van der Waals surface area contributed by atoms with Gasteiger partial charge in [0.05, 0.1) is 32.4 Å². The Morgan fingerprint density at radius 2 is 1.54 bits per heavy atom. The molecule has 3 aliphatic heterocycles. The maximum atomic E-state index is 6.44. The highest BCUT2D eigenvalue weighted by Crippen LogP contribution is 2.43. The second-order valence-electron chi connectivity index (χ2n) is 10.9. The van der Waals surface area contributed by atoms with Crippen molar-refractivity contribution in [1.29, 1.82) is 0 Å². The summed E-state index contributed by atoms with van der Waals surface area (Å²) < 4.78 is 35.4. The van der Waals surface area contributed by atoms with E-state index in [0.717, 1.165) is 103 Å². The molecule has 0 unspecified atom stereocenters. The van der Waals surface area contributed by atoms with Gasteiger partial charge in [-0.2, -0.15) is 0 Å². The van der Waals surface area contributed by atoms with Crippen molar-refractivity contribution in [2.45, 2.75) is 19.3 Å². The van der Waals surface area contributed by atoms with Gasteiger partial charge in [0.15, 0.2) is 23.0 Å². The van der Waals surface area contributed by atoms with E-state index < -0.39 is 0 Å². The second-order valence-corrected chi connectivity index (χ2v) is 10.9. The lowest BCUT2D eigenvalue weighted by atomic mass is 10.0. The minimum atomic E-state index is 0.233. The average Bonchev–Trinajstić information content (AvgIpc) is 3.70. The van der Waals surface area contributed by atoms with Crippen LogP contribution in [-0.4, -0.2) is 94.4 Å². The van der Waals surface area contributed by atoms with E-state index in [2.05, 4.69) is 28.0 Å². The molecular formula is C32H37N3O6. The van der Waals surface area contributed by atoms with Crippen LogP contribution in [0.4, 0.5) is 0 Å². The van der Waals surface area contributed by atoms with Crippen LogP contribution >= 0.6 is 0 Å². The highest BCUT2D eigenvalue weighted by molar-refractivity contribution is 6.17. The van der Waals surface area contributed by atoms with Crippen molar-refractivity contribution in [1.82, 2.24) is 14.8 Å². The van der Waals surface area contributed by atoms with Crippen LogP contribution in [0.25, 0.3) is 32.4 Å². The molecule has 3 aliphatic rings. The molecule has 4 aromatic rings. The Bertz CT molecular complexity index is 1550. The quantitative estimate of drug-likeness (QED) is 0.200. The summed E-state index contributed by atoms with van der Waals surface area (Å²) in [4.78, 5) is 9.99. The number of ether oxygens (including phenoxy) is 6. The van der Waals surface area contributed by atoms with Crippen LogP contribution in [0.5, 0.6) is 28.9 Å². The van der Waals surface area contributed by atoms with Gasteiger partial charge in [-0.05, 0) is 62.0 Å². The molecule has 7 rings (SSSR count). The number of benzene rings is 3. The van der Waals surface area contributed by atoms with Crippen molar-refractivity contribution in [2.75, 3.05) is 79.6 Å². The molecule has 0 bridgehead atoms. The van der Waals surface area contributed by atoms with Crippen LogP contribution in [0.15, 0.2) is 36.4 Å². The summed E-state index contributed by atoms with van der Waals surface area (Å²) in [5.74, 6) is 3.51. The van der Waals surface area contributed by atoms with Gasteiger partial charge in [-0.25, -0.2) is 4.98 Å². The predicted molar refractivity (Wildman–Crippen MR) is 158 cm³/mol. The molecule has 0 atom stereocenters. The number of morpholine rings is 1. The van der Waals surface area contributed by atoms with Gasteiger partial charge in [0.25, 0.3) is 0 Å². The molecular weight excluding hydrogens is 522 g/mol. The first kappa shape index (κ1) is 26.4. The zero-order chi connectivity index (χ0) is 27.6. The molecule has 0 spiro atoms. The number of fused-ring (bicyclic) bond motifs is 6. The molecule has 0 radical (unpaired) electrons. The SMILES string of the molecule is COc1cc2c(cc1OCCCN1CCOCC1)c(OCCN1CCCC1)nc1c3cc4c(cc3ccc21)OCO4. The summed E-state index contributed by atoms with van der Waals surface area (Å²) in [6, 6.07) is 12.4. The molecule has 0 N–H and O–H groups in total. The molecule has 2 fully saturated rings. The number of hydrogen-bond donors (Lipinski definition) is 0. The summed E-state index contributed by atoms with van der Waals surface area (Å²) in [7, 11) is 1.69. The Morgan fingerprint density at radius 1 is 0.756 bits per heavy atom. The van der Waals surface area contributed by atoms with E-state index in [1.807, 2.05) is 18.2 Å². The Morgan fingerprint density at radius 3 is 2.37 bits per heavy atom. The van der Waals surface area contributed by atoms with E-state index in [-0.39, 0.29) is 6.79 Å². The Balaban J connectivity index is 1.24. The molecule has 3 aromatic carbocycles. The lowest BCUT2D eigenvalue weighted by molar-refractivity contribution is 0.0357. The highest BCUT2D eigenvalue weighted by atomic mass is 16.7. The highest BCUT2D eigenvalue weighted by Gasteiger charge is 2.20. The van der Waals surface area contributed by atoms with E-state index in [4.69, 9.17) is 33.4 Å². The number of rotatable bonds is 10. The van der Waals surface area contributed by atoms with Crippen molar-refractivity contribution >= 4 is 32.4 Å². The summed E-state index contributed by atoms with van der Waals surface area (Å²) in [5.41, 5.74) is 0.866. The third-order valence-corrected chi connectivity index (χ3v) is 8.35. The number of hydrogen-bond acceptors (Lipinski definition) is 9. The minimum Gasteiger partial charge on any atom is -0.493 e. The average molecular weight is 560 g/mol. The predicted octanol–water partition coefficient (Wildman–Crippen LogP) is 4.85. The van der Waals surface area contributed by atoms with E-state index >= 15 is 0 Å². The summed E-state index contributed by atoms with van der Waals surface area (Å²) in [6.07, 6.45) is 3.44. The van der Waals surface area contributed by atoms with Crippen LogP contribution in [-0.2, 0) is 4.74 Å². The fraction of sp³-hybridized carbons (Fsp3) is 0.469. The number of methoxy groups -OCH3 is 1. The maximum Gasteiger partial charge on any atom is 0.231 e. The summed E-state index contributed by atoms with van der Waals surface area (Å²) in [6.45, 7) is 9.11. The molecule has 2 saturated heterocycles. The van der Waals surface area contributed by atoms with Crippen molar-refractivity contribution in [3.8, 4) is 28.9 Å². The number of likely N-dealkylation sites (tertiary alicyclic amines) is 1. The van der Waals surface area contributed by atoms with Gasteiger partial charge >= 0.3 is 0 Å². The zero-order valence-electron chi connectivity index (χ0n) is 23.7. The Labute approximate surface area is 239 Å². The smallest absolute Gasteiger partial charge is 0.231 e. The molecule has 9 heteroatoms. The third kappa shape index (κ3) is 5.41. The van der Waals surface area contributed by atoms with Crippen molar-refractivity contribution in [3.05, 3.63) is 36.4 Å². The molecule has 41 heavy (non-hydrogen) atoms. The van der Waals surface area contributed by atoms with Gasteiger partial charge in [-0.15, -0.1) is 0 Å². The lowest BCUT2D eigenvalue weighted by Crippen LogP contribution is -2.37. The minimum absolute atomic E-state index is 0.233. The fourth-order valence-corrected chi connectivity index (χ4v) is 6.11. The number of nitrogens with zero attached hydrogens (tertiary/aromatic N) is 3. The van der Waals surface area contributed by atoms with Gasteiger partial charge in [-0.1, -0.05) is 12.1 Å². The zero-order valence-corrected chi connectivity index (χ0v) is 23.7. The van der Waals surface area contributed by atoms with Crippen molar-refractivity contribution < 1.29 is 28.4 Å². The monoisotopic (exact) mass is 559 g/mol. The fourth-order valence-electron chi connectivity index (χ4n) is 6.11. The normalized spacial score (nSPS) is 17.6. The van der Waals surface area contributed by atoms with Gasteiger partial charge in [0.2, 0.25) is 12.7 Å². The van der Waals surface area contributed by atoms with Crippen LogP contribution in [0.1, 0.15) is 19.3 Å². The Hall–Kier alpha value is -3.53. The first-order chi connectivity index (χ1) is 20.3. The third-order valence-electron chi connectivity index (χ3n) is 8.35. The van der Waals surface area contributed by atoms with Gasteiger partial charge in [-0.3, -0.25) is 9.80 Å². The lowest BCUT2D eigenvalue weighted by Gasteiger charge is -2.26. The molecule has 1 aromatic heterocycles. The standard InChI is InChI=1S/C32H37N3O6/c1-36-27-19-25-23-6-5-22-17-28-30(41-21-40-28)18-24(22)31(23)33-32(39-16-12-34-7-2-3-8-34)26(25)20-29(27)38-13-4-9-35-10-14-37-15-11-35/h5-6,17-20H,2-4,7-16,21H2,1H3. The van der Waals surface area contributed by atoms with Gasteiger partial charge in [0.1, 0.15) is 6.61 Å². The number of aromatic nitrogens is 1. The van der Waals surface area contributed by atoms with Crippen LogP contribution in [0.3, 0.4) is 0 Å². The Kier molecular flexibility index (Phi) is 7.56. The van der Waals surface area contributed by atoms with Gasteiger partial charge in [0, 0.05) is 47.7 Å². The maximum absolute atomic E-state index is 6.44. The number of pyridine rings is 1. The van der Waals surface area contributed by atoms with Crippen molar-refractivity contribution in [3.63, 3.8) is 0 Å².